The summed E-state index contributed by atoms with van der Waals surface area (Å²) in [5, 5.41) is 4.06. The lowest BCUT2D eigenvalue weighted by Crippen LogP contribution is -2.07. The van der Waals surface area contributed by atoms with Crippen LogP contribution in [0.5, 0.6) is 0 Å². The highest BCUT2D eigenvalue weighted by molar-refractivity contribution is 9.10. The summed E-state index contributed by atoms with van der Waals surface area (Å²) in [6.45, 7) is 0. The highest BCUT2D eigenvalue weighted by Gasteiger charge is 2.18. The summed E-state index contributed by atoms with van der Waals surface area (Å²) < 4.78 is 15.5. The summed E-state index contributed by atoms with van der Waals surface area (Å²) in [6.07, 6.45) is 1.39. The Hall–Kier alpha value is -2.18. The van der Waals surface area contributed by atoms with E-state index in [0.717, 1.165) is 4.47 Å². The third-order valence-corrected chi connectivity index (χ3v) is 4.12. The average Bonchev–Trinajstić information content (AvgIpc) is 2.92. The zero-order chi connectivity index (χ0) is 16.6. The van der Waals surface area contributed by atoms with E-state index in [2.05, 4.69) is 21.0 Å². The van der Waals surface area contributed by atoms with Gasteiger partial charge in [0.05, 0.1) is 22.5 Å². The zero-order valence-electron chi connectivity index (χ0n) is 11.6. The van der Waals surface area contributed by atoms with Crippen LogP contribution in [0.2, 0.25) is 5.02 Å². The van der Waals surface area contributed by atoms with Gasteiger partial charge in [0, 0.05) is 10.0 Å². The van der Waals surface area contributed by atoms with Crippen LogP contribution in [0.25, 0.3) is 5.69 Å². The van der Waals surface area contributed by atoms with Gasteiger partial charge in [0.1, 0.15) is 11.6 Å². The normalized spacial score (nSPS) is 10.7. The number of nitrogen functional groups attached to an aromatic ring is 1. The van der Waals surface area contributed by atoms with Gasteiger partial charge in [-0.3, -0.25) is 4.79 Å². The first-order chi connectivity index (χ1) is 11.0. The summed E-state index contributed by atoms with van der Waals surface area (Å²) in [6, 6.07) is 11.0. The van der Waals surface area contributed by atoms with Gasteiger partial charge >= 0.3 is 0 Å². The quantitative estimate of drug-likeness (QED) is 0.676. The smallest absolute Gasteiger partial charge is 0.198 e. The Balaban J connectivity index is 2.00. The molecule has 0 bridgehead atoms. The van der Waals surface area contributed by atoms with E-state index >= 15 is 0 Å². The molecule has 0 aliphatic rings. The molecule has 0 spiro atoms. The molecule has 0 atom stereocenters. The minimum absolute atomic E-state index is 0.0433. The van der Waals surface area contributed by atoms with Crippen molar-refractivity contribution in [1.29, 1.82) is 0 Å². The number of rotatable bonds is 3. The maximum Gasteiger partial charge on any atom is 0.198 e. The molecule has 0 saturated carbocycles. The largest absolute Gasteiger partial charge is 0.383 e. The van der Waals surface area contributed by atoms with Crippen molar-refractivity contribution in [3.8, 4) is 5.69 Å². The molecule has 23 heavy (non-hydrogen) atoms. The summed E-state index contributed by atoms with van der Waals surface area (Å²) in [5.74, 6) is -0.609. The second-order valence-electron chi connectivity index (χ2n) is 4.79. The zero-order valence-corrected chi connectivity index (χ0v) is 14.0. The fraction of sp³-hybridized carbons (Fsp3) is 0. The molecule has 2 aromatic carbocycles. The fourth-order valence-corrected chi connectivity index (χ4v) is 2.55. The number of carbonyl (C=O) groups excluding carboxylic acids is 1. The number of hydrogen-bond donors (Lipinski definition) is 1. The highest BCUT2D eigenvalue weighted by Crippen LogP contribution is 2.24. The predicted molar refractivity (Wildman–Crippen MR) is 90.5 cm³/mol. The molecule has 4 nitrogen and oxygen atoms in total. The minimum Gasteiger partial charge on any atom is -0.383 e. The van der Waals surface area contributed by atoms with E-state index in [0.29, 0.717) is 11.3 Å². The van der Waals surface area contributed by atoms with Gasteiger partial charge in [-0.25, -0.2) is 9.07 Å². The summed E-state index contributed by atoms with van der Waals surface area (Å²) in [7, 11) is 0. The molecule has 7 heteroatoms. The molecule has 0 radical (unpaired) electrons. The van der Waals surface area contributed by atoms with E-state index in [4.69, 9.17) is 17.3 Å². The first-order valence-electron chi connectivity index (χ1n) is 6.56. The molecule has 116 valence electrons. The maximum atomic E-state index is 13.3. The topological polar surface area (TPSA) is 60.9 Å². The lowest BCUT2D eigenvalue weighted by atomic mass is 10.1. The number of nitrogens with two attached hydrogens (primary N) is 1. The van der Waals surface area contributed by atoms with Crippen molar-refractivity contribution in [3.05, 3.63) is 75.1 Å². The van der Waals surface area contributed by atoms with Crippen LogP contribution in [0.3, 0.4) is 0 Å². The van der Waals surface area contributed by atoms with Crippen molar-refractivity contribution in [2.75, 3.05) is 5.73 Å². The molecule has 0 unspecified atom stereocenters. The van der Waals surface area contributed by atoms with E-state index in [1.54, 1.807) is 24.3 Å². The highest BCUT2D eigenvalue weighted by atomic mass is 79.9. The van der Waals surface area contributed by atoms with E-state index in [1.165, 1.54) is 29.1 Å². The second-order valence-corrected chi connectivity index (χ2v) is 6.11. The van der Waals surface area contributed by atoms with Gasteiger partial charge < -0.3 is 5.73 Å². The molecule has 3 aromatic rings. The molecular weight excluding hydrogens is 385 g/mol. The van der Waals surface area contributed by atoms with Crippen LogP contribution >= 0.6 is 27.5 Å². The van der Waals surface area contributed by atoms with Gasteiger partial charge in [-0.15, -0.1) is 0 Å². The third kappa shape index (κ3) is 3.00. The number of nitrogens with zero attached hydrogens (tertiary/aromatic N) is 2. The van der Waals surface area contributed by atoms with Crippen molar-refractivity contribution in [2.45, 2.75) is 0 Å². The Morgan fingerprint density at radius 3 is 2.57 bits per heavy atom. The first kappa shape index (κ1) is 15.7. The fourth-order valence-electron chi connectivity index (χ4n) is 2.11. The number of halogens is 3. The van der Waals surface area contributed by atoms with Crippen LogP contribution in [0, 0.1) is 5.82 Å². The standard InChI is InChI=1S/C16H10BrClFN3O/c17-10-3-1-9(2-4-10)15(23)12-8-21-22(16(12)20)11-5-6-14(19)13(18)7-11/h1-8H,20H2. The van der Waals surface area contributed by atoms with Crippen LogP contribution in [0.15, 0.2) is 53.1 Å². The third-order valence-electron chi connectivity index (χ3n) is 3.31. The second kappa shape index (κ2) is 6.14. The van der Waals surface area contributed by atoms with Crippen LogP contribution < -0.4 is 5.73 Å². The van der Waals surface area contributed by atoms with E-state index in [-0.39, 0.29) is 22.2 Å². The monoisotopic (exact) mass is 393 g/mol. The molecule has 2 N–H and O–H groups in total. The van der Waals surface area contributed by atoms with Crippen LogP contribution in [-0.4, -0.2) is 15.6 Å². The Morgan fingerprint density at radius 1 is 1.22 bits per heavy atom. The Morgan fingerprint density at radius 2 is 1.91 bits per heavy atom. The van der Waals surface area contributed by atoms with Crippen molar-refractivity contribution >= 4 is 39.1 Å². The number of ketones is 1. The van der Waals surface area contributed by atoms with Gasteiger partial charge in [0.25, 0.3) is 0 Å². The maximum absolute atomic E-state index is 13.3. The van der Waals surface area contributed by atoms with Crippen molar-refractivity contribution in [2.24, 2.45) is 0 Å². The van der Waals surface area contributed by atoms with Gasteiger partial charge in [-0.1, -0.05) is 27.5 Å². The molecule has 0 amide bonds. The predicted octanol–water partition coefficient (Wildman–Crippen LogP) is 4.24. The first-order valence-corrected chi connectivity index (χ1v) is 7.73. The SMILES string of the molecule is Nc1c(C(=O)c2ccc(Br)cc2)cnn1-c1ccc(F)c(Cl)c1. The molecule has 0 aliphatic carbocycles. The number of carbonyl (C=O) groups is 1. The Bertz CT molecular complexity index is 893. The van der Waals surface area contributed by atoms with Gasteiger partial charge in [0.15, 0.2) is 5.78 Å². The van der Waals surface area contributed by atoms with E-state index in [1.807, 2.05) is 0 Å². The van der Waals surface area contributed by atoms with Gasteiger partial charge in [-0.05, 0) is 42.5 Å². The lowest BCUT2D eigenvalue weighted by Gasteiger charge is -2.06. The molecule has 0 aliphatic heterocycles. The Kier molecular flexibility index (Phi) is 4.19. The molecule has 3 rings (SSSR count). The van der Waals surface area contributed by atoms with Gasteiger partial charge in [0.2, 0.25) is 0 Å². The number of anilines is 1. The van der Waals surface area contributed by atoms with E-state index < -0.39 is 5.82 Å². The van der Waals surface area contributed by atoms with E-state index in [9.17, 15) is 9.18 Å². The minimum atomic E-state index is -0.535. The molecule has 0 fully saturated rings. The van der Waals surface area contributed by atoms with Crippen molar-refractivity contribution < 1.29 is 9.18 Å². The molecule has 1 aromatic heterocycles. The van der Waals surface area contributed by atoms with Gasteiger partial charge in [-0.2, -0.15) is 5.10 Å². The van der Waals surface area contributed by atoms with Crippen molar-refractivity contribution in [3.63, 3.8) is 0 Å². The Labute approximate surface area is 144 Å². The van der Waals surface area contributed by atoms with Crippen molar-refractivity contribution in [1.82, 2.24) is 9.78 Å². The summed E-state index contributed by atoms with van der Waals surface area (Å²) in [5.41, 5.74) is 7.27. The van der Waals surface area contributed by atoms with Crippen LogP contribution in [-0.2, 0) is 0 Å². The summed E-state index contributed by atoms with van der Waals surface area (Å²) >= 11 is 9.08. The number of benzene rings is 2. The lowest BCUT2D eigenvalue weighted by molar-refractivity contribution is 0.103. The number of aromatic nitrogens is 2. The average molecular weight is 395 g/mol. The molecular formula is C16H10BrClFN3O. The summed E-state index contributed by atoms with van der Waals surface area (Å²) in [4.78, 5) is 12.5. The van der Waals surface area contributed by atoms with Crippen LogP contribution in [0.1, 0.15) is 15.9 Å². The molecule has 1 heterocycles. The van der Waals surface area contributed by atoms with Crippen LogP contribution in [0.4, 0.5) is 10.2 Å². The number of hydrogen-bond acceptors (Lipinski definition) is 3. The molecule has 0 saturated heterocycles.